The Morgan fingerprint density at radius 1 is 1.29 bits per heavy atom. The van der Waals surface area contributed by atoms with Crippen LogP contribution < -0.4 is 0 Å². The summed E-state index contributed by atoms with van der Waals surface area (Å²) in [6, 6.07) is 0.0660. The molecule has 1 aromatic heterocycles. The van der Waals surface area contributed by atoms with Crippen molar-refractivity contribution < 1.29 is 9.90 Å². The molecule has 1 saturated heterocycles. The molecule has 116 valence electrons. The van der Waals surface area contributed by atoms with Crippen LogP contribution in [-0.2, 0) is 11.2 Å². The van der Waals surface area contributed by atoms with E-state index in [1.807, 2.05) is 0 Å². The molecule has 3 heterocycles. The number of carbonyl (C=O) groups is 1. The van der Waals surface area contributed by atoms with Gasteiger partial charge in [0.25, 0.3) is 0 Å². The first-order valence-electron chi connectivity index (χ1n) is 7.98. The van der Waals surface area contributed by atoms with Crippen molar-refractivity contribution in [3.05, 3.63) is 11.6 Å². The fourth-order valence-corrected chi connectivity index (χ4v) is 3.44. The van der Waals surface area contributed by atoms with E-state index in [-0.39, 0.29) is 0 Å². The SMILES string of the molecule is CC(C)N1CCC(c2nc3n(n2)C(C(=O)O)CCC3)CC1. The molecule has 1 atom stereocenters. The van der Waals surface area contributed by atoms with Gasteiger partial charge in [-0.1, -0.05) is 0 Å². The third-order valence-corrected chi connectivity index (χ3v) is 4.80. The molecule has 2 aliphatic heterocycles. The average molecular weight is 292 g/mol. The molecule has 0 aromatic carbocycles. The van der Waals surface area contributed by atoms with Crippen LogP contribution >= 0.6 is 0 Å². The minimum atomic E-state index is -0.790. The zero-order valence-electron chi connectivity index (χ0n) is 12.8. The Hall–Kier alpha value is -1.43. The first kappa shape index (κ1) is 14.5. The summed E-state index contributed by atoms with van der Waals surface area (Å²) in [5, 5.41) is 13.9. The molecule has 6 nitrogen and oxygen atoms in total. The summed E-state index contributed by atoms with van der Waals surface area (Å²) >= 11 is 0. The lowest BCUT2D eigenvalue weighted by atomic mass is 9.95. The molecule has 1 unspecified atom stereocenters. The normalized spacial score (nSPS) is 24.2. The lowest BCUT2D eigenvalue weighted by molar-refractivity contribution is -0.141. The molecule has 0 radical (unpaired) electrons. The van der Waals surface area contributed by atoms with E-state index < -0.39 is 12.0 Å². The minimum absolute atomic E-state index is 0.382. The first-order valence-corrected chi connectivity index (χ1v) is 7.98. The molecule has 2 aliphatic rings. The predicted octanol–water partition coefficient (Wildman–Crippen LogP) is 1.83. The summed E-state index contributed by atoms with van der Waals surface area (Å²) in [4.78, 5) is 18.5. The highest BCUT2D eigenvalue weighted by Gasteiger charge is 2.31. The third-order valence-electron chi connectivity index (χ3n) is 4.80. The summed E-state index contributed by atoms with van der Waals surface area (Å²) in [5.41, 5.74) is 0. The van der Waals surface area contributed by atoms with Crippen LogP contribution in [-0.4, -0.2) is 49.9 Å². The van der Waals surface area contributed by atoms with Crippen LogP contribution in [0.1, 0.15) is 63.1 Å². The molecule has 1 fully saturated rings. The summed E-state index contributed by atoms with van der Waals surface area (Å²) in [5.74, 6) is 1.31. The van der Waals surface area contributed by atoms with E-state index in [0.29, 0.717) is 18.4 Å². The van der Waals surface area contributed by atoms with Crippen LogP contribution in [0.15, 0.2) is 0 Å². The number of piperidine rings is 1. The zero-order chi connectivity index (χ0) is 15.0. The van der Waals surface area contributed by atoms with E-state index in [0.717, 1.165) is 50.4 Å². The number of carboxylic acids is 1. The Balaban J connectivity index is 1.75. The van der Waals surface area contributed by atoms with Gasteiger partial charge in [0.2, 0.25) is 0 Å². The molecule has 0 saturated carbocycles. The van der Waals surface area contributed by atoms with Crippen LogP contribution in [0.25, 0.3) is 0 Å². The maximum atomic E-state index is 11.3. The van der Waals surface area contributed by atoms with E-state index in [9.17, 15) is 9.90 Å². The number of hydrogen-bond acceptors (Lipinski definition) is 4. The van der Waals surface area contributed by atoms with E-state index in [4.69, 9.17) is 0 Å². The van der Waals surface area contributed by atoms with Gasteiger partial charge in [0.05, 0.1) is 0 Å². The Morgan fingerprint density at radius 3 is 2.62 bits per heavy atom. The highest BCUT2D eigenvalue weighted by Crippen LogP contribution is 2.30. The van der Waals surface area contributed by atoms with Crippen LogP contribution in [0, 0.1) is 0 Å². The Labute approximate surface area is 125 Å². The van der Waals surface area contributed by atoms with Gasteiger partial charge in [-0.05, 0) is 52.6 Å². The zero-order valence-corrected chi connectivity index (χ0v) is 12.8. The topological polar surface area (TPSA) is 71.2 Å². The van der Waals surface area contributed by atoms with Gasteiger partial charge >= 0.3 is 5.97 Å². The summed E-state index contributed by atoms with van der Waals surface area (Å²) in [6.45, 7) is 6.61. The van der Waals surface area contributed by atoms with Crippen LogP contribution in [0.2, 0.25) is 0 Å². The molecule has 6 heteroatoms. The van der Waals surface area contributed by atoms with Crippen LogP contribution in [0.3, 0.4) is 0 Å². The van der Waals surface area contributed by atoms with Gasteiger partial charge in [-0.15, -0.1) is 0 Å². The smallest absolute Gasteiger partial charge is 0.328 e. The van der Waals surface area contributed by atoms with Crippen molar-refractivity contribution in [1.29, 1.82) is 0 Å². The first-order chi connectivity index (χ1) is 10.1. The number of fused-ring (bicyclic) bond motifs is 1. The maximum absolute atomic E-state index is 11.3. The number of aliphatic carboxylic acids is 1. The molecule has 0 amide bonds. The summed E-state index contributed by atoms with van der Waals surface area (Å²) in [7, 11) is 0. The number of hydrogen-bond donors (Lipinski definition) is 1. The molecular formula is C15H24N4O2. The fourth-order valence-electron chi connectivity index (χ4n) is 3.44. The van der Waals surface area contributed by atoms with E-state index in [2.05, 4.69) is 28.8 Å². The second kappa shape index (κ2) is 5.75. The van der Waals surface area contributed by atoms with Gasteiger partial charge in [0, 0.05) is 18.4 Å². The highest BCUT2D eigenvalue weighted by molar-refractivity contribution is 5.71. The van der Waals surface area contributed by atoms with Crippen molar-refractivity contribution in [3.63, 3.8) is 0 Å². The minimum Gasteiger partial charge on any atom is -0.480 e. The van der Waals surface area contributed by atoms with Crippen molar-refractivity contribution in [1.82, 2.24) is 19.7 Å². The van der Waals surface area contributed by atoms with Gasteiger partial charge in [-0.2, -0.15) is 5.10 Å². The molecule has 0 spiro atoms. The second-order valence-corrected chi connectivity index (χ2v) is 6.48. The molecule has 3 rings (SSSR count). The maximum Gasteiger partial charge on any atom is 0.328 e. The van der Waals surface area contributed by atoms with Gasteiger partial charge < -0.3 is 10.0 Å². The predicted molar refractivity (Wildman–Crippen MR) is 78.3 cm³/mol. The summed E-state index contributed by atoms with van der Waals surface area (Å²) in [6.07, 6.45) is 4.54. The van der Waals surface area contributed by atoms with Crippen molar-refractivity contribution >= 4 is 5.97 Å². The van der Waals surface area contributed by atoms with Crippen molar-refractivity contribution in [2.45, 2.75) is 64.0 Å². The van der Waals surface area contributed by atoms with E-state index >= 15 is 0 Å². The number of aryl methyl sites for hydroxylation is 1. The Morgan fingerprint density at radius 2 is 2.00 bits per heavy atom. The van der Waals surface area contributed by atoms with Crippen molar-refractivity contribution in [2.75, 3.05) is 13.1 Å². The molecular weight excluding hydrogens is 268 g/mol. The lowest BCUT2D eigenvalue weighted by Gasteiger charge is -2.33. The van der Waals surface area contributed by atoms with Gasteiger partial charge in [-0.3, -0.25) is 0 Å². The Kier molecular flexibility index (Phi) is 3.97. The standard InChI is InChI=1S/C15H24N4O2/c1-10(2)18-8-6-11(7-9-18)14-16-13-5-3-4-12(15(20)21)19(13)17-14/h10-12H,3-9H2,1-2H3,(H,20,21). The summed E-state index contributed by atoms with van der Waals surface area (Å²) < 4.78 is 1.66. The molecule has 1 aromatic rings. The fraction of sp³-hybridized carbons (Fsp3) is 0.800. The van der Waals surface area contributed by atoms with Crippen molar-refractivity contribution in [3.8, 4) is 0 Å². The van der Waals surface area contributed by atoms with Crippen LogP contribution in [0.5, 0.6) is 0 Å². The molecule has 0 aliphatic carbocycles. The number of aromatic nitrogens is 3. The quantitative estimate of drug-likeness (QED) is 0.920. The van der Waals surface area contributed by atoms with E-state index in [1.54, 1.807) is 4.68 Å². The van der Waals surface area contributed by atoms with Gasteiger partial charge in [0.15, 0.2) is 11.9 Å². The molecule has 21 heavy (non-hydrogen) atoms. The second-order valence-electron chi connectivity index (χ2n) is 6.48. The monoisotopic (exact) mass is 292 g/mol. The molecule has 1 N–H and O–H groups in total. The number of likely N-dealkylation sites (tertiary alicyclic amines) is 1. The van der Waals surface area contributed by atoms with E-state index in [1.165, 1.54) is 0 Å². The highest BCUT2D eigenvalue weighted by atomic mass is 16.4. The number of carboxylic acid groups (broad SMARTS) is 1. The number of rotatable bonds is 3. The van der Waals surface area contributed by atoms with Crippen molar-refractivity contribution in [2.24, 2.45) is 0 Å². The average Bonchev–Trinajstić information content (AvgIpc) is 2.90. The third kappa shape index (κ3) is 2.81. The largest absolute Gasteiger partial charge is 0.480 e. The van der Waals surface area contributed by atoms with Gasteiger partial charge in [0.1, 0.15) is 5.82 Å². The number of nitrogens with zero attached hydrogens (tertiary/aromatic N) is 4. The molecule has 0 bridgehead atoms. The lowest BCUT2D eigenvalue weighted by Crippen LogP contribution is -2.38. The van der Waals surface area contributed by atoms with Crippen LogP contribution in [0.4, 0.5) is 0 Å². The Bertz CT molecular complexity index is 518. The van der Waals surface area contributed by atoms with Gasteiger partial charge in [-0.25, -0.2) is 14.5 Å².